The van der Waals surface area contributed by atoms with Crippen molar-refractivity contribution in [1.82, 2.24) is 0 Å². The van der Waals surface area contributed by atoms with Crippen molar-refractivity contribution in [3.05, 3.63) is 59.7 Å². The van der Waals surface area contributed by atoms with Gasteiger partial charge in [0.2, 0.25) is 0 Å². The molecule has 2 aromatic carbocycles. The molecule has 2 aromatic rings. The fourth-order valence-corrected chi connectivity index (χ4v) is 2.21. The molecule has 0 bridgehead atoms. The quantitative estimate of drug-likeness (QED) is 0.784. The van der Waals surface area contributed by atoms with Crippen LogP contribution in [0.5, 0.6) is 11.5 Å². The van der Waals surface area contributed by atoms with Crippen LogP contribution in [0.4, 0.5) is 0 Å². The minimum Gasteiger partial charge on any atom is -0.497 e. The van der Waals surface area contributed by atoms with Crippen molar-refractivity contribution >= 4 is 0 Å². The molecule has 0 aromatic heterocycles. The first kappa shape index (κ1) is 12.1. The summed E-state index contributed by atoms with van der Waals surface area (Å²) in [5.41, 5.74) is 2.36. The summed E-state index contributed by atoms with van der Waals surface area (Å²) >= 11 is 0. The topological polar surface area (TPSA) is 31.0 Å². The van der Waals surface area contributed by atoms with Gasteiger partial charge in [-0.3, -0.25) is 0 Å². The third-order valence-corrected chi connectivity index (χ3v) is 3.38. The smallest absolute Gasteiger partial charge is 0.118 e. The summed E-state index contributed by atoms with van der Waals surface area (Å²) in [5, 5.41) is 0. The average molecular weight is 256 g/mol. The normalized spacial score (nSPS) is 20.9. The van der Waals surface area contributed by atoms with Crippen molar-refractivity contribution in [1.29, 1.82) is 0 Å². The Kier molecular flexibility index (Phi) is 3.13. The Labute approximate surface area is 112 Å². The molecule has 2 atom stereocenters. The molecule has 0 aliphatic carbocycles. The lowest BCUT2D eigenvalue weighted by Crippen LogP contribution is -1.87. The van der Waals surface area contributed by atoms with Gasteiger partial charge in [0.1, 0.15) is 23.7 Å². The molecule has 0 N–H and O–H groups in total. The lowest BCUT2D eigenvalue weighted by atomic mass is 10.0. The van der Waals surface area contributed by atoms with E-state index in [0.29, 0.717) is 0 Å². The third-order valence-electron chi connectivity index (χ3n) is 3.38. The summed E-state index contributed by atoms with van der Waals surface area (Å²) in [6.07, 6.45) is 0.304. The van der Waals surface area contributed by atoms with E-state index in [1.54, 1.807) is 14.2 Å². The fourth-order valence-electron chi connectivity index (χ4n) is 2.21. The summed E-state index contributed by atoms with van der Waals surface area (Å²) in [6.45, 7) is 0. The van der Waals surface area contributed by atoms with Crippen LogP contribution < -0.4 is 9.47 Å². The molecule has 98 valence electrons. The standard InChI is InChI=1S/C16H16O3/c1-17-13-7-3-11(4-8-13)15-16(19-15)12-5-9-14(18-2)10-6-12/h3-10,15-16H,1-2H3. The predicted molar refractivity (Wildman–Crippen MR) is 72.6 cm³/mol. The molecule has 3 heteroatoms. The highest BCUT2D eigenvalue weighted by molar-refractivity contribution is 5.36. The zero-order valence-corrected chi connectivity index (χ0v) is 11.0. The van der Waals surface area contributed by atoms with Crippen LogP contribution in [0.3, 0.4) is 0 Å². The summed E-state index contributed by atoms with van der Waals surface area (Å²) < 4.78 is 16.1. The van der Waals surface area contributed by atoms with Gasteiger partial charge in [-0.15, -0.1) is 0 Å². The van der Waals surface area contributed by atoms with Gasteiger partial charge >= 0.3 is 0 Å². The molecule has 3 rings (SSSR count). The molecule has 2 unspecified atom stereocenters. The maximum atomic E-state index is 5.75. The molecule has 1 aliphatic rings. The number of hydrogen-bond acceptors (Lipinski definition) is 3. The minimum absolute atomic E-state index is 0.152. The highest BCUT2D eigenvalue weighted by Crippen LogP contribution is 2.51. The molecular weight excluding hydrogens is 240 g/mol. The zero-order chi connectivity index (χ0) is 13.2. The van der Waals surface area contributed by atoms with Gasteiger partial charge in [-0.1, -0.05) is 24.3 Å². The van der Waals surface area contributed by atoms with Crippen LogP contribution in [0.15, 0.2) is 48.5 Å². The van der Waals surface area contributed by atoms with Crippen LogP contribution in [0.1, 0.15) is 23.3 Å². The highest BCUT2D eigenvalue weighted by Gasteiger charge is 2.41. The monoisotopic (exact) mass is 256 g/mol. The van der Waals surface area contributed by atoms with Gasteiger partial charge in [-0.05, 0) is 35.4 Å². The molecule has 0 spiro atoms. The lowest BCUT2D eigenvalue weighted by Gasteiger charge is -2.02. The molecule has 1 fully saturated rings. The Morgan fingerprint density at radius 2 is 1.05 bits per heavy atom. The summed E-state index contributed by atoms with van der Waals surface area (Å²) in [6, 6.07) is 16.0. The first-order chi connectivity index (χ1) is 9.31. The third kappa shape index (κ3) is 2.42. The largest absolute Gasteiger partial charge is 0.497 e. The molecule has 1 heterocycles. The number of benzene rings is 2. The Bertz CT molecular complexity index is 494. The summed E-state index contributed by atoms with van der Waals surface area (Å²) in [7, 11) is 3.34. The predicted octanol–water partition coefficient (Wildman–Crippen LogP) is 3.52. The van der Waals surface area contributed by atoms with Crippen molar-refractivity contribution < 1.29 is 14.2 Å². The second-order valence-corrected chi connectivity index (χ2v) is 4.52. The van der Waals surface area contributed by atoms with Gasteiger partial charge in [-0.2, -0.15) is 0 Å². The van der Waals surface area contributed by atoms with Gasteiger partial charge in [0.15, 0.2) is 0 Å². The first-order valence-corrected chi connectivity index (χ1v) is 6.25. The number of hydrogen-bond donors (Lipinski definition) is 0. The second-order valence-electron chi connectivity index (χ2n) is 4.52. The fraction of sp³-hybridized carbons (Fsp3) is 0.250. The molecule has 0 amide bonds. The number of rotatable bonds is 4. The number of epoxide rings is 1. The van der Waals surface area contributed by atoms with Gasteiger partial charge in [0.05, 0.1) is 14.2 Å². The van der Waals surface area contributed by atoms with E-state index >= 15 is 0 Å². The van der Waals surface area contributed by atoms with Crippen molar-refractivity contribution in [2.45, 2.75) is 12.2 Å². The molecule has 3 nitrogen and oxygen atoms in total. The molecule has 1 aliphatic heterocycles. The molecule has 0 saturated carbocycles. The van der Waals surface area contributed by atoms with Crippen LogP contribution >= 0.6 is 0 Å². The van der Waals surface area contributed by atoms with E-state index in [4.69, 9.17) is 14.2 Å². The molecule has 1 saturated heterocycles. The molecule has 0 radical (unpaired) electrons. The molecule has 19 heavy (non-hydrogen) atoms. The van der Waals surface area contributed by atoms with Gasteiger partial charge in [-0.25, -0.2) is 0 Å². The average Bonchev–Trinajstić information content (AvgIpc) is 3.28. The van der Waals surface area contributed by atoms with Gasteiger partial charge in [0.25, 0.3) is 0 Å². The minimum atomic E-state index is 0.152. The highest BCUT2D eigenvalue weighted by atomic mass is 16.6. The van der Waals surface area contributed by atoms with Crippen molar-refractivity contribution in [3.63, 3.8) is 0 Å². The maximum Gasteiger partial charge on any atom is 0.118 e. The van der Waals surface area contributed by atoms with E-state index in [0.717, 1.165) is 11.5 Å². The van der Waals surface area contributed by atoms with Crippen LogP contribution in [0.25, 0.3) is 0 Å². The SMILES string of the molecule is COc1ccc(C2OC2c2ccc(OC)cc2)cc1. The first-order valence-electron chi connectivity index (χ1n) is 6.25. The Morgan fingerprint density at radius 3 is 1.37 bits per heavy atom. The maximum absolute atomic E-state index is 5.75. The van der Waals surface area contributed by atoms with E-state index < -0.39 is 0 Å². The van der Waals surface area contributed by atoms with E-state index in [-0.39, 0.29) is 12.2 Å². The number of methoxy groups -OCH3 is 2. The van der Waals surface area contributed by atoms with Crippen LogP contribution in [-0.4, -0.2) is 14.2 Å². The van der Waals surface area contributed by atoms with Crippen LogP contribution in [0.2, 0.25) is 0 Å². The van der Waals surface area contributed by atoms with Crippen molar-refractivity contribution in [2.24, 2.45) is 0 Å². The lowest BCUT2D eigenvalue weighted by molar-refractivity contribution is 0.377. The van der Waals surface area contributed by atoms with E-state index in [2.05, 4.69) is 0 Å². The summed E-state index contributed by atoms with van der Waals surface area (Å²) in [5.74, 6) is 1.73. The Hall–Kier alpha value is -2.00. The second kappa shape index (κ2) is 4.94. The molecular formula is C16H16O3. The Balaban J connectivity index is 1.72. The van der Waals surface area contributed by atoms with Crippen molar-refractivity contribution in [3.8, 4) is 11.5 Å². The van der Waals surface area contributed by atoms with E-state index in [1.807, 2.05) is 48.5 Å². The van der Waals surface area contributed by atoms with Crippen LogP contribution in [-0.2, 0) is 4.74 Å². The van der Waals surface area contributed by atoms with Gasteiger partial charge in [0, 0.05) is 0 Å². The van der Waals surface area contributed by atoms with Gasteiger partial charge < -0.3 is 14.2 Å². The summed E-state index contributed by atoms with van der Waals surface area (Å²) in [4.78, 5) is 0. The number of ether oxygens (including phenoxy) is 3. The van der Waals surface area contributed by atoms with E-state index in [1.165, 1.54) is 11.1 Å². The Morgan fingerprint density at radius 1 is 0.684 bits per heavy atom. The van der Waals surface area contributed by atoms with Crippen LogP contribution in [0, 0.1) is 0 Å². The zero-order valence-electron chi connectivity index (χ0n) is 11.0. The van der Waals surface area contributed by atoms with E-state index in [9.17, 15) is 0 Å². The van der Waals surface area contributed by atoms with Crippen molar-refractivity contribution in [2.75, 3.05) is 14.2 Å².